The number of ether oxygens (including phenoxy) is 1. The van der Waals surface area contributed by atoms with E-state index >= 15 is 0 Å². The molecule has 0 fully saturated rings. The van der Waals surface area contributed by atoms with E-state index in [1.54, 1.807) is 12.1 Å². The van der Waals surface area contributed by atoms with Crippen LogP contribution in [0, 0.1) is 6.92 Å². The summed E-state index contributed by atoms with van der Waals surface area (Å²) in [5.41, 5.74) is 1.80. The summed E-state index contributed by atoms with van der Waals surface area (Å²) in [6.45, 7) is 5.84. The molecule has 0 saturated carbocycles. The number of para-hydroxylation sites is 1. The number of hydrogen-bond acceptors (Lipinski definition) is 3. The molecule has 0 aliphatic heterocycles. The lowest BCUT2D eigenvalue weighted by Crippen LogP contribution is -2.55. The summed E-state index contributed by atoms with van der Waals surface area (Å²) in [5, 5.41) is 12.7. The van der Waals surface area contributed by atoms with E-state index in [-0.39, 0.29) is 18.9 Å². The Morgan fingerprint density at radius 3 is 2.33 bits per heavy atom. The lowest BCUT2D eigenvalue weighted by molar-refractivity contribution is -0.144. The normalized spacial score (nSPS) is 15.7. The molecule has 142 valence electrons. The molecule has 1 unspecified atom stereocenters. The first-order chi connectivity index (χ1) is 12.9. The van der Waals surface area contributed by atoms with Crippen molar-refractivity contribution in [2.45, 2.75) is 51.7 Å². The Hall–Kier alpha value is -2.82. The van der Waals surface area contributed by atoms with Gasteiger partial charge in [-0.15, -0.1) is 0 Å². The van der Waals surface area contributed by atoms with Gasteiger partial charge in [-0.2, -0.15) is 0 Å². The summed E-state index contributed by atoms with van der Waals surface area (Å²) in [6, 6.07) is 12.9. The number of aliphatic carboxylic acids is 1. The highest BCUT2D eigenvalue weighted by Gasteiger charge is 2.45. The van der Waals surface area contributed by atoms with Crippen LogP contribution < -0.4 is 10.1 Å². The summed E-state index contributed by atoms with van der Waals surface area (Å²) >= 11 is 0. The zero-order valence-corrected chi connectivity index (χ0v) is 15.9. The van der Waals surface area contributed by atoms with Gasteiger partial charge in [-0.1, -0.05) is 43.3 Å². The van der Waals surface area contributed by atoms with E-state index in [4.69, 9.17) is 4.74 Å². The van der Waals surface area contributed by atoms with E-state index in [2.05, 4.69) is 5.32 Å². The highest BCUT2D eigenvalue weighted by molar-refractivity contribution is 6.00. The second-order valence-electron chi connectivity index (χ2n) is 7.25. The molecule has 5 nitrogen and oxygen atoms in total. The Morgan fingerprint density at radius 1 is 1.15 bits per heavy atom. The number of hydrogen-bond donors (Lipinski definition) is 2. The predicted molar refractivity (Wildman–Crippen MR) is 103 cm³/mol. The maximum absolute atomic E-state index is 13.0. The molecule has 0 spiro atoms. The van der Waals surface area contributed by atoms with Crippen LogP contribution in [0.3, 0.4) is 0 Å². The van der Waals surface area contributed by atoms with Crippen molar-refractivity contribution in [3.8, 4) is 5.75 Å². The lowest BCUT2D eigenvalue weighted by atomic mass is 9.95. The van der Waals surface area contributed by atoms with Crippen molar-refractivity contribution in [1.82, 2.24) is 5.32 Å². The number of amides is 1. The third-order valence-electron chi connectivity index (χ3n) is 5.22. The predicted octanol–water partition coefficient (Wildman–Crippen LogP) is 3.52. The monoisotopic (exact) mass is 367 g/mol. The summed E-state index contributed by atoms with van der Waals surface area (Å²) in [4.78, 5) is 25.1. The molecule has 1 atom stereocenters. The Labute approximate surface area is 159 Å². The molecule has 2 N–H and O–H groups in total. The van der Waals surface area contributed by atoms with Crippen LogP contribution in [-0.2, 0) is 17.6 Å². The van der Waals surface area contributed by atoms with Crippen LogP contribution >= 0.6 is 0 Å². The van der Waals surface area contributed by atoms with Gasteiger partial charge in [-0.05, 0) is 43.0 Å². The van der Waals surface area contributed by atoms with Gasteiger partial charge in [0.1, 0.15) is 11.3 Å². The van der Waals surface area contributed by atoms with Crippen LogP contribution in [0.2, 0.25) is 0 Å². The second-order valence-corrected chi connectivity index (χ2v) is 7.25. The van der Waals surface area contributed by atoms with Crippen molar-refractivity contribution >= 4 is 11.9 Å². The minimum atomic E-state index is -1.34. The number of carbonyl (C=O) groups is 2. The first-order valence-electron chi connectivity index (χ1n) is 9.25. The Bertz CT molecular complexity index is 849. The van der Waals surface area contributed by atoms with E-state index < -0.39 is 17.4 Å². The topological polar surface area (TPSA) is 75.6 Å². The zero-order chi connectivity index (χ0) is 19.6. The molecular formula is C22H25NO4. The fourth-order valence-electron chi connectivity index (χ4n) is 3.47. The van der Waals surface area contributed by atoms with Crippen molar-refractivity contribution in [2.24, 2.45) is 0 Å². The SMILES string of the molecule is CCC(C)Oc1c(C)cccc1C(=O)NC1(C(=O)O)Cc2ccccc2C1. The van der Waals surface area contributed by atoms with E-state index in [0.717, 1.165) is 23.1 Å². The molecule has 0 saturated heterocycles. The molecular weight excluding hydrogens is 342 g/mol. The third-order valence-corrected chi connectivity index (χ3v) is 5.22. The minimum absolute atomic E-state index is 0.0400. The van der Waals surface area contributed by atoms with Gasteiger partial charge in [0, 0.05) is 12.8 Å². The molecule has 27 heavy (non-hydrogen) atoms. The van der Waals surface area contributed by atoms with Crippen molar-refractivity contribution < 1.29 is 19.4 Å². The number of aryl methyl sites for hydroxylation is 1. The molecule has 1 aliphatic rings. The Kier molecular flexibility index (Phi) is 5.22. The number of fused-ring (bicyclic) bond motifs is 1. The molecule has 5 heteroatoms. The Morgan fingerprint density at radius 2 is 1.78 bits per heavy atom. The number of carboxylic acid groups (broad SMARTS) is 1. The van der Waals surface area contributed by atoms with Gasteiger partial charge >= 0.3 is 5.97 Å². The molecule has 1 aliphatic carbocycles. The van der Waals surface area contributed by atoms with Gasteiger partial charge in [0.25, 0.3) is 5.91 Å². The van der Waals surface area contributed by atoms with Crippen molar-refractivity contribution in [3.05, 3.63) is 64.7 Å². The molecule has 0 radical (unpaired) electrons. The summed E-state index contributed by atoms with van der Waals surface area (Å²) in [5.74, 6) is -0.934. The van der Waals surface area contributed by atoms with Gasteiger partial charge in [0.15, 0.2) is 0 Å². The smallest absolute Gasteiger partial charge is 0.330 e. The van der Waals surface area contributed by atoms with Crippen molar-refractivity contribution in [2.75, 3.05) is 0 Å². The molecule has 1 amide bonds. The number of nitrogens with one attached hydrogen (secondary N) is 1. The number of carboxylic acids is 1. The number of carbonyl (C=O) groups excluding carboxylic acids is 1. The quantitative estimate of drug-likeness (QED) is 0.819. The summed E-state index contributed by atoms with van der Waals surface area (Å²) < 4.78 is 5.96. The largest absolute Gasteiger partial charge is 0.490 e. The van der Waals surface area contributed by atoms with E-state index in [1.165, 1.54) is 0 Å². The van der Waals surface area contributed by atoms with Gasteiger partial charge in [-0.25, -0.2) is 4.79 Å². The van der Waals surface area contributed by atoms with Gasteiger partial charge in [0.05, 0.1) is 11.7 Å². The Balaban J connectivity index is 1.91. The maximum Gasteiger partial charge on any atom is 0.330 e. The van der Waals surface area contributed by atoms with Crippen LogP contribution in [0.25, 0.3) is 0 Å². The maximum atomic E-state index is 13.0. The number of benzene rings is 2. The standard InChI is InChI=1S/C22H25NO4/c1-4-15(3)27-19-14(2)8-7-11-18(19)20(24)23-22(21(25)26)12-16-9-5-6-10-17(16)13-22/h5-11,15H,4,12-13H2,1-3H3,(H,23,24)(H,25,26). The molecule has 0 aromatic heterocycles. The first kappa shape index (κ1) is 19.0. The summed E-state index contributed by atoms with van der Waals surface area (Å²) in [6.07, 6.45) is 1.32. The van der Waals surface area contributed by atoms with E-state index in [9.17, 15) is 14.7 Å². The van der Waals surface area contributed by atoms with Crippen LogP contribution in [0.5, 0.6) is 5.75 Å². The van der Waals surface area contributed by atoms with Crippen molar-refractivity contribution in [1.29, 1.82) is 0 Å². The van der Waals surface area contributed by atoms with Crippen LogP contribution in [0.15, 0.2) is 42.5 Å². The van der Waals surface area contributed by atoms with Crippen LogP contribution in [0.4, 0.5) is 0 Å². The fourth-order valence-corrected chi connectivity index (χ4v) is 3.47. The average molecular weight is 367 g/mol. The fraction of sp³-hybridized carbons (Fsp3) is 0.364. The molecule has 0 heterocycles. The van der Waals surface area contributed by atoms with Crippen LogP contribution in [0.1, 0.15) is 47.3 Å². The molecule has 2 aromatic rings. The highest BCUT2D eigenvalue weighted by Crippen LogP contribution is 2.32. The van der Waals surface area contributed by atoms with Gasteiger partial charge in [-0.3, -0.25) is 4.79 Å². The molecule has 2 aromatic carbocycles. The first-order valence-corrected chi connectivity index (χ1v) is 9.25. The zero-order valence-electron chi connectivity index (χ0n) is 15.9. The second kappa shape index (κ2) is 7.43. The molecule has 3 rings (SSSR count). The van der Waals surface area contributed by atoms with Crippen molar-refractivity contribution in [3.63, 3.8) is 0 Å². The minimum Gasteiger partial charge on any atom is -0.490 e. The summed E-state index contributed by atoms with van der Waals surface area (Å²) in [7, 11) is 0. The average Bonchev–Trinajstić information content (AvgIpc) is 3.02. The van der Waals surface area contributed by atoms with Gasteiger partial charge < -0.3 is 15.2 Å². The molecule has 0 bridgehead atoms. The number of rotatable bonds is 6. The van der Waals surface area contributed by atoms with Crippen LogP contribution in [-0.4, -0.2) is 28.6 Å². The highest BCUT2D eigenvalue weighted by atomic mass is 16.5. The van der Waals surface area contributed by atoms with Gasteiger partial charge in [0.2, 0.25) is 0 Å². The lowest BCUT2D eigenvalue weighted by Gasteiger charge is -2.26. The third kappa shape index (κ3) is 3.68. The van der Waals surface area contributed by atoms with E-state index in [1.807, 2.05) is 51.1 Å². The van der Waals surface area contributed by atoms with E-state index in [0.29, 0.717) is 11.3 Å².